The minimum atomic E-state index is -1.82. The lowest BCUT2D eigenvalue weighted by Crippen LogP contribution is -2.48. The summed E-state index contributed by atoms with van der Waals surface area (Å²) in [5.41, 5.74) is -0.485. The molecular weight excluding hydrogens is 404 g/mol. The summed E-state index contributed by atoms with van der Waals surface area (Å²) in [7, 11) is 0. The van der Waals surface area contributed by atoms with Crippen molar-refractivity contribution in [3.63, 3.8) is 0 Å². The minimum absolute atomic E-state index is 0.0813. The Bertz CT molecular complexity index is 799. The van der Waals surface area contributed by atoms with Crippen LogP contribution in [0.25, 0.3) is 0 Å². The second kappa shape index (κ2) is 9.78. The molecule has 2 rings (SSSR count). The average molecular weight is 437 g/mol. The molecule has 172 valence electrons. The molecule has 4 atom stereocenters. The van der Waals surface area contributed by atoms with E-state index in [-0.39, 0.29) is 5.57 Å². The summed E-state index contributed by atoms with van der Waals surface area (Å²) in [4.78, 5) is 37.5. The maximum absolute atomic E-state index is 12.6. The van der Waals surface area contributed by atoms with Crippen LogP contribution in [0.15, 0.2) is 35.5 Å². The van der Waals surface area contributed by atoms with Crippen LogP contribution in [0.2, 0.25) is 0 Å². The number of aliphatic hydroxyl groups excluding tert-OH is 1. The fourth-order valence-corrected chi connectivity index (χ4v) is 3.46. The molecule has 0 unspecified atom stereocenters. The van der Waals surface area contributed by atoms with Crippen LogP contribution < -0.4 is 0 Å². The summed E-state index contributed by atoms with van der Waals surface area (Å²) < 4.78 is 16.8. The van der Waals surface area contributed by atoms with E-state index < -0.39 is 60.3 Å². The summed E-state index contributed by atoms with van der Waals surface area (Å²) in [6.45, 7) is 11.1. The fourth-order valence-electron chi connectivity index (χ4n) is 3.46. The standard InChI is InChI=1S/C23H32O8/c1-12(2)20(25)30-19-17-14(4)21(26)29-16(17)10-13(3)8-7-9-15(11-24)18(19)31-22(27)23(5,6)28/h9-10,12,16-19,24,28H,4,7-8,11H2,1-3,5-6H3/b13-10+,15-9+/t16-,17+,18+,19+/m1/s1. The van der Waals surface area contributed by atoms with Crippen LogP contribution >= 0.6 is 0 Å². The lowest BCUT2D eigenvalue weighted by atomic mass is 9.83. The van der Waals surface area contributed by atoms with E-state index in [1.807, 2.05) is 6.92 Å². The van der Waals surface area contributed by atoms with Crippen molar-refractivity contribution in [1.82, 2.24) is 0 Å². The molecule has 1 fully saturated rings. The van der Waals surface area contributed by atoms with Gasteiger partial charge in [-0.3, -0.25) is 4.79 Å². The Morgan fingerprint density at radius 3 is 2.52 bits per heavy atom. The fraction of sp³-hybridized carbons (Fsp3) is 0.609. The number of ether oxygens (including phenoxy) is 3. The van der Waals surface area contributed by atoms with Crippen molar-refractivity contribution in [3.8, 4) is 0 Å². The van der Waals surface area contributed by atoms with Gasteiger partial charge in [0.1, 0.15) is 6.10 Å². The average Bonchev–Trinajstić information content (AvgIpc) is 2.93. The highest BCUT2D eigenvalue weighted by Gasteiger charge is 2.50. The quantitative estimate of drug-likeness (QED) is 0.291. The van der Waals surface area contributed by atoms with E-state index in [1.54, 1.807) is 26.0 Å². The van der Waals surface area contributed by atoms with Crippen LogP contribution in [-0.4, -0.2) is 58.6 Å². The first-order valence-corrected chi connectivity index (χ1v) is 10.4. The third-order valence-electron chi connectivity index (χ3n) is 5.31. The van der Waals surface area contributed by atoms with Gasteiger partial charge in [0.05, 0.1) is 18.4 Å². The molecule has 1 aliphatic heterocycles. The molecule has 0 amide bonds. The molecule has 0 aromatic heterocycles. The third kappa shape index (κ3) is 5.83. The Kier molecular flexibility index (Phi) is 7.83. The van der Waals surface area contributed by atoms with Gasteiger partial charge in [0.25, 0.3) is 0 Å². The number of esters is 3. The molecule has 0 spiro atoms. The summed E-state index contributed by atoms with van der Waals surface area (Å²) in [6.07, 6.45) is 1.44. The highest BCUT2D eigenvalue weighted by molar-refractivity contribution is 5.91. The molecule has 0 aromatic carbocycles. The SMILES string of the molecule is C=C1C(=O)O[C@@H]2/C=C(\C)CC/C=C(\CO)[C@H](OC(=O)C(C)(C)O)[C@@H](OC(=O)C(C)C)[C@@H]12. The van der Waals surface area contributed by atoms with Gasteiger partial charge < -0.3 is 24.4 Å². The predicted octanol–water partition coefficient (Wildman–Crippen LogP) is 1.99. The maximum atomic E-state index is 12.6. The molecule has 31 heavy (non-hydrogen) atoms. The Morgan fingerprint density at radius 2 is 1.97 bits per heavy atom. The Hall–Kier alpha value is -2.45. The number of hydrogen-bond donors (Lipinski definition) is 2. The topological polar surface area (TPSA) is 119 Å². The van der Waals surface area contributed by atoms with Crippen LogP contribution in [0, 0.1) is 11.8 Å². The number of aliphatic hydroxyl groups is 2. The summed E-state index contributed by atoms with van der Waals surface area (Å²) in [5, 5.41) is 20.1. The van der Waals surface area contributed by atoms with Gasteiger partial charge >= 0.3 is 17.9 Å². The maximum Gasteiger partial charge on any atom is 0.338 e. The lowest BCUT2D eigenvalue weighted by molar-refractivity contribution is -0.182. The molecule has 8 heteroatoms. The summed E-state index contributed by atoms with van der Waals surface area (Å²) in [6, 6.07) is 0. The monoisotopic (exact) mass is 436 g/mol. The van der Waals surface area contributed by atoms with Gasteiger partial charge in [0, 0.05) is 5.57 Å². The van der Waals surface area contributed by atoms with Gasteiger partial charge in [-0.2, -0.15) is 0 Å². The van der Waals surface area contributed by atoms with Gasteiger partial charge in [-0.1, -0.05) is 32.1 Å². The van der Waals surface area contributed by atoms with Gasteiger partial charge in [0.2, 0.25) is 0 Å². The molecule has 0 radical (unpaired) electrons. The third-order valence-corrected chi connectivity index (χ3v) is 5.31. The normalized spacial score (nSPS) is 30.5. The first-order chi connectivity index (χ1) is 14.4. The zero-order chi connectivity index (χ0) is 23.5. The Morgan fingerprint density at radius 1 is 1.32 bits per heavy atom. The Balaban J connectivity index is 2.64. The second-order valence-corrected chi connectivity index (χ2v) is 8.85. The number of carbonyl (C=O) groups is 3. The first kappa shape index (κ1) is 24.8. The smallest absolute Gasteiger partial charge is 0.338 e. The van der Waals surface area contributed by atoms with Crippen molar-refractivity contribution in [2.45, 2.75) is 71.4 Å². The molecule has 2 aliphatic rings. The number of hydrogen-bond acceptors (Lipinski definition) is 8. The minimum Gasteiger partial charge on any atom is -0.457 e. The highest BCUT2D eigenvalue weighted by Crippen LogP contribution is 2.38. The molecule has 0 saturated carbocycles. The van der Waals surface area contributed by atoms with Crippen molar-refractivity contribution >= 4 is 17.9 Å². The van der Waals surface area contributed by atoms with E-state index in [0.717, 1.165) is 5.57 Å². The zero-order valence-electron chi connectivity index (χ0n) is 18.7. The van der Waals surface area contributed by atoms with Crippen LogP contribution in [0.3, 0.4) is 0 Å². The number of allylic oxidation sites excluding steroid dienone is 2. The van der Waals surface area contributed by atoms with E-state index in [2.05, 4.69) is 6.58 Å². The number of fused-ring (bicyclic) bond motifs is 1. The summed E-state index contributed by atoms with van der Waals surface area (Å²) in [5.74, 6) is -3.50. The van der Waals surface area contributed by atoms with Gasteiger partial charge in [-0.05, 0) is 45.3 Å². The molecule has 0 aromatic rings. The van der Waals surface area contributed by atoms with E-state index in [9.17, 15) is 24.6 Å². The molecule has 1 saturated heterocycles. The summed E-state index contributed by atoms with van der Waals surface area (Å²) >= 11 is 0. The number of carbonyl (C=O) groups excluding carboxylic acids is 3. The second-order valence-electron chi connectivity index (χ2n) is 8.85. The van der Waals surface area contributed by atoms with E-state index >= 15 is 0 Å². The van der Waals surface area contributed by atoms with Gasteiger partial charge in [0.15, 0.2) is 17.8 Å². The van der Waals surface area contributed by atoms with Crippen molar-refractivity contribution in [2.75, 3.05) is 6.61 Å². The molecule has 0 bridgehead atoms. The molecule has 1 aliphatic carbocycles. The van der Waals surface area contributed by atoms with E-state index in [1.165, 1.54) is 13.8 Å². The molecule has 2 N–H and O–H groups in total. The van der Waals surface area contributed by atoms with Crippen LogP contribution in [0.5, 0.6) is 0 Å². The van der Waals surface area contributed by atoms with Gasteiger partial charge in [-0.25, -0.2) is 9.59 Å². The van der Waals surface area contributed by atoms with Crippen molar-refractivity contribution in [2.24, 2.45) is 11.8 Å². The lowest BCUT2D eigenvalue weighted by Gasteiger charge is -2.35. The Labute approximate surface area is 182 Å². The molecule has 8 nitrogen and oxygen atoms in total. The predicted molar refractivity (Wildman–Crippen MR) is 112 cm³/mol. The highest BCUT2D eigenvalue weighted by atomic mass is 16.6. The van der Waals surface area contributed by atoms with Crippen molar-refractivity contribution in [3.05, 3.63) is 35.5 Å². The molecule has 1 heterocycles. The largest absolute Gasteiger partial charge is 0.457 e. The first-order valence-electron chi connectivity index (χ1n) is 10.4. The molecular formula is C23H32O8. The van der Waals surface area contributed by atoms with Crippen molar-refractivity contribution < 1.29 is 38.8 Å². The number of rotatable bonds is 5. The van der Waals surface area contributed by atoms with E-state index in [4.69, 9.17) is 14.2 Å². The van der Waals surface area contributed by atoms with Gasteiger partial charge in [-0.15, -0.1) is 0 Å². The van der Waals surface area contributed by atoms with Crippen molar-refractivity contribution in [1.29, 1.82) is 0 Å². The van der Waals surface area contributed by atoms with Crippen LogP contribution in [0.4, 0.5) is 0 Å². The zero-order valence-corrected chi connectivity index (χ0v) is 18.7. The van der Waals surface area contributed by atoms with Crippen LogP contribution in [0.1, 0.15) is 47.5 Å². The van der Waals surface area contributed by atoms with Crippen LogP contribution in [-0.2, 0) is 28.6 Å². The van der Waals surface area contributed by atoms with E-state index in [0.29, 0.717) is 18.4 Å².